The molecule has 238 valence electrons. The average molecular weight is 631 g/mol. The summed E-state index contributed by atoms with van der Waals surface area (Å²) in [6.07, 6.45) is 3.41. The summed E-state index contributed by atoms with van der Waals surface area (Å²) in [4.78, 5) is 2.16. The van der Waals surface area contributed by atoms with Crippen molar-refractivity contribution in [2.75, 3.05) is 4.90 Å². The Labute approximate surface area is 279 Å². The maximum atomic E-state index is 12.2. The van der Waals surface area contributed by atoms with Crippen LogP contribution >= 0.6 is 0 Å². The predicted molar refractivity (Wildman–Crippen MR) is 189 cm³/mol. The molecule has 6 aliphatic carbocycles. The second-order valence-corrected chi connectivity index (χ2v) is 15.7. The second-order valence-electron chi connectivity index (χ2n) is 15.7. The summed E-state index contributed by atoms with van der Waals surface area (Å²) in [6.45, 7) is 2.18. The smallest absolute Gasteiger partial charge is 0.121 e. The monoisotopic (exact) mass is 630 g/mol. The number of aromatic nitrogens is 1. The second kappa shape index (κ2) is 8.71. The number of aryl methyl sites for hydroxylation is 2. The lowest BCUT2D eigenvalue weighted by atomic mass is 9.37. The van der Waals surface area contributed by atoms with E-state index in [2.05, 4.69) is 96.2 Å². The van der Waals surface area contributed by atoms with Crippen molar-refractivity contribution >= 4 is 44.8 Å². The quantitative estimate of drug-likeness (QED) is 0.185. The lowest BCUT2D eigenvalue weighted by Gasteiger charge is -2.67. The Hall–Kier alpha value is -4.58. The molecule has 6 fully saturated rings. The average Bonchev–Trinajstić information content (AvgIpc) is 3.94. The topological polar surface area (TPSA) is 68.9 Å². The van der Waals surface area contributed by atoms with E-state index < -0.39 is 12.2 Å². The van der Waals surface area contributed by atoms with E-state index in [-0.39, 0.29) is 45.7 Å². The van der Waals surface area contributed by atoms with Crippen LogP contribution in [0.5, 0.6) is 5.75 Å². The van der Waals surface area contributed by atoms with Gasteiger partial charge in [0.2, 0.25) is 0 Å². The third kappa shape index (κ3) is 2.95. The molecule has 48 heavy (non-hydrogen) atoms. The number of aliphatic hydroxyl groups excluding tert-OH is 2. The zero-order valence-corrected chi connectivity index (χ0v) is 27.1. The molecule has 6 aromatic rings. The molecule has 0 amide bonds. The molecule has 0 saturated heterocycles. The van der Waals surface area contributed by atoms with Crippen molar-refractivity contribution in [3.63, 3.8) is 0 Å². The molecule has 5 nitrogen and oxygen atoms in total. The van der Waals surface area contributed by atoms with Gasteiger partial charge in [0.15, 0.2) is 0 Å². The summed E-state index contributed by atoms with van der Waals surface area (Å²) >= 11 is 0. The Morgan fingerprint density at radius 1 is 0.750 bits per heavy atom. The summed E-state index contributed by atoms with van der Waals surface area (Å²) in [5.41, 5.74) is 5.57. The molecule has 5 heteroatoms. The van der Waals surface area contributed by atoms with Gasteiger partial charge in [0.25, 0.3) is 0 Å². The van der Waals surface area contributed by atoms with E-state index in [0.717, 1.165) is 35.5 Å². The van der Waals surface area contributed by atoms with Crippen LogP contribution < -0.4 is 10.2 Å². The van der Waals surface area contributed by atoms with Crippen LogP contribution in [0.15, 0.2) is 109 Å². The molecule has 5 aromatic carbocycles. The van der Waals surface area contributed by atoms with E-state index in [1.165, 1.54) is 32.6 Å². The molecule has 12 rings (SSSR count). The Morgan fingerprint density at radius 3 is 2.12 bits per heavy atom. The summed E-state index contributed by atoms with van der Waals surface area (Å²) in [5, 5.41) is 40.9. The summed E-state index contributed by atoms with van der Waals surface area (Å²) < 4.78 is 2.32. The standard InChI is InChI=1S/C43H38N2O3/c1-24-16-19-32-35-28(24)14-9-15-29(35)33(44(32)2)21-31-36-37-39(47)43(37)23-41(22-42(31,36)40(41)48)38(43)30-18-17-27(20-34(30)46)45(25-10-5-3-6-11-25)26-12-7-4-8-13-26/h3-21,31,36-40,46-48H,22-23H2,1-2H3/b33-21+/t31?,36?,37-,38?,39?,40?,41?,42?,43?/m0/s1. The Bertz CT molecular complexity index is 2340. The number of anilines is 3. The molecular formula is C43H38N2O3. The number of nitrogens with zero attached hydrogens (tertiary/aromatic N) is 2. The summed E-state index contributed by atoms with van der Waals surface area (Å²) in [6, 6.07) is 37.5. The van der Waals surface area contributed by atoms with Crippen molar-refractivity contribution in [2.24, 2.45) is 41.0 Å². The van der Waals surface area contributed by atoms with Crippen LogP contribution in [0.3, 0.4) is 0 Å². The molecule has 1 aromatic heterocycles. The molecule has 6 aliphatic rings. The van der Waals surface area contributed by atoms with Crippen LogP contribution in [0.25, 0.3) is 27.8 Å². The normalized spacial score (nSPS) is 35.4. The van der Waals surface area contributed by atoms with Crippen molar-refractivity contribution in [3.8, 4) is 5.75 Å². The number of phenolic OH excluding ortho intramolecular Hbond substituents is 1. The van der Waals surface area contributed by atoms with Crippen LogP contribution in [0.1, 0.15) is 29.9 Å². The zero-order valence-electron chi connectivity index (χ0n) is 27.1. The van der Waals surface area contributed by atoms with Crippen molar-refractivity contribution in [2.45, 2.75) is 37.9 Å². The van der Waals surface area contributed by atoms with Crippen LogP contribution in [-0.4, -0.2) is 32.1 Å². The van der Waals surface area contributed by atoms with Gasteiger partial charge in [-0.25, -0.2) is 0 Å². The summed E-state index contributed by atoms with van der Waals surface area (Å²) in [7, 11) is 2.16. The third-order valence-electron chi connectivity index (χ3n) is 13.9. The molecule has 3 spiro atoms. The van der Waals surface area contributed by atoms with E-state index in [4.69, 9.17) is 0 Å². The first-order chi connectivity index (χ1) is 23.3. The lowest BCUT2D eigenvalue weighted by molar-refractivity contribution is -0.226. The van der Waals surface area contributed by atoms with E-state index in [1.54, 1.807) is 0 Å². The van der Waals surface area contributed by atoms with E-state index in [1.807, 2.05) is 42.5 Å². The molecule has 1 heterocycles. The Kier molecular flexibility index (Phi) is 4.97. The van der Waals surface area contributed by atoms with Gasteiger partial charge in [-0.1, -0.05) is 72.8 Å². The minimum atomic E-state index is -0.441. The molecule has 8 unspecified atom stereocenters. The van der Waals surface area contributed by atoms with Crippen LogP contribution in [0, 0.1) is 40.9 Å². The highest BCUT2D eigenvalue weighted by Crippen LogP contribution is 2.99. The number of hydrogen-bond acceptors (Lipinski definition) is 4. The first-order valence-electron chi connectivity index (χ1n) is 17.4. The van der Waals surface area contributed by atoms with Gasteiger partial charge in [-0.05, 0) is 90.4 Å². The fourth-order valence-corrected chi connectivity index (χ4v) is 12.1. The SMILES string of the molecule is Cc1ccc2c3c1cccc3/c(=C\C1C3[C@H]4C(O)C45CC4(CC13C4O)C5c1ccc(N(c3ccccc3)c3ccccc3)cc1O)n2C. The third-order valence-corrected chi connectivity index (χ3v) is 13.9. The van der Waals surface area contributed by atoms with Crippen LogP contribution in [0.2, 0.25) is 0 Å². The minimum absolute atomic E-state index is 0.0437. The number of hydrogen-bond donors (Lipinski definition) is 3. The highest BCUT2D eigenvalue weighted by molar-refractivity contribution is 6.11. The number of aromatic hydroxyl groups is 1. The first kappa shape index (κ1) is 27.4. The highest BCUT2D eigenvalue weighted by Gasteiger charge is 2.99. The fraction of sp³-hybridized carbons (Fsp3) is 0.302. The number of benzene rings is 5. The van der Waals surface area contributed by atoms with Crippen LogP contribution in [0.4, 0.5) is 17.1 Å². The first-order valence-corrected chi connectivity index (χ1v) is 17.4. The maximum Gasteiger partial charge on any atom is 0.121 e. The van der Waals surface area contributed by atoms with E-state index in [0.29, 0.717) is 0 Å². The zero-order chi connectivity index (χ0) is 32.3. The van der Waals surface area contributed by atoms with Crippen LogP contribution in [-0.2, 0) is 7.05 Å². The molecule has 3 N–H and O–H groups in total. The highest BCUT2D eigenvalue weighted by atomic mass is 16.3. The molecule has 3 bridgehead atoms. The van der Waals surface area contributed by atoms with Gasteiger partial charge < -0.3 is 24.8 Å². The molecule has 0 radical (unpaired) electrons. The van der Waals surface area contributed by atoms with Gasteiger partial charge in [-0.3, -0.25) is 0 Å². The van der Waals surface area contributed by atoms with Gasteiger partial charge in [0.1, 0.15) is 5.75 Å². The van der Waals surface area contributed by atoms with Gasteiger partial charge in [0.05, 0.1) is 12.2 Å². The molecule has 0 aliphatic heterocycles. The summed E-state index contributed by atoms with van der Waals surface area (Å²) in [5.74, 6) is 0.864. The molecule has 6 saturated carbocycles. The number of rotatable bonds is 5. The molecule has 9 atom stereocenters. The fourth-order valence-electron chi connectivity index (χ4n) is 12.1. The maximum absolute atomic E-state index is 12.2. The van der Waals surface area contributed by atoms with Gasteiger partial charge in [-0.2, -0.15) is 0 Å². The van der Waals surface area contributed by atoms with E-state index >= 15 is 0 Å². The van der Waals surface area contributed by atoms with E-state index in [9.17, 15) is 15.3 Å². The van der Waals surface area contributed by atoms with Gasteiger partial charge >= 0.3 is 0 Å². The largest absolute Gasteiger partial charge is 0.508 e. The number of para-hydroxylation sites is 2. The van der Waals surface area contributed by atoms with Gasteiger partial charge in [0, 0.05) is 74.0 Å². The Balaban J connectivity index is 0.978. The van der Waals surface area contributed by atoms with Crippen molar-refractivity contribution in [3.05, 3.63) is 126 Å². The van der Waals surface area contributed by atoms with Gasteiger partial charge in [-0.15, -0.1) is 0 Å². The van der Waals surface area contributed by atoms with Crippen molar-refractivity contribution in [1.82, 2.24) is 4.57 Å². The lowest BCUT2D eigenvalue weighted by Crippen LogP contribution is -2.66. The number of phenols is 1. The van der Waals surface area contributed by atoms with Crippen molar-refractivity contribution in [1.29, 1.82) is 0 Å². The number of aliphatic hydroxyl groups is 2. The Morgan fingerprint density at radius 2 is 1.44 bits per heavy atom. The molecular weight excluding hydrogens is 592 g/mol. The van der Waals surface area contributed by atoms with Crippen molar-refractivity contribution < 1.29 is 15.3 Å². The predicted octanol–water partition coefficient (Wildman–Crippen LogP) is 7.48. The minimum Gasteiger partial charge on any atom is -0.508 e.